The molecule has 1 fully saturated rings. The summed E-state index contributed by atoms with van der Waals surface area (Å²) < 4.78 is 0. The first-order valence-corrected chi connectivity index (χ1v) is 8.92. The summed E-state index contributed by atoms with van der Waals surface area (Å²) >= 11 is 1.45. The van der Waals surface area contributed by atoms with E-state index >= 15 is 0 Å². The van der Waals surface area contributed by atoms with Crippen molar-refractivity contribution in [3.8, 4) is 10.4 Å². The second kappa shape index (κ2) is 6.33. The second-order valence-corrected chi connectivity index (χ2v) is 7.19. The molecule has 1 aliphatic carbocycles. The Hall–Kier alpha value is -2.67. The summed E-state index contributed by atoms with van der Waals surface area (Å²) in [6, 6.07) is 5.96. The number of H-pyrrole nitrogens is 1. The Morgan fingerprint density at radius 1 is 1.44 bits per heavy atom. The lowest BCUT2D eigenvalue weighted by atomic mass is 10.1. The normalized spacial score (nSPS) is 13.9. The first kappa shape index (κ1) is 15.8. The summed E-state index contributed by atoms with van der Waals surface area (Å²) in [6.45, 7) is 0. The van der Waals surface area contributed by atoms with Crippen LogP contribution < -0.4 is 11.1 Å². The van der Waals surface area contributed by atoms with Crippen LogP contribution in [0.4, 0.5) is 0 Å². The Morgan fingerprint density at radius 3 is 3.04 bits per heavy atom. The van der Waals surface area contributed by atoms with E-state index in [2.05, 4.69) is 15.3 Å². The number of hydrogen-bond acceptors (Lipinski definition) is 4. The molecule has 0 saturated heterocycles. The van der Waals surface area contributed by atoms with Crippen molar-refractivity contribution in [2.45, 2.75) is 25.3 Å². The van der Waals surface area contributed by atoms with Crippen molar-refractivity contribution in [1.82, 2.24) is 15.3 Å². The highest BCUT2D eigenvalue weighted by Gasteiger charge is 2.24. The third-order valence-corrected chi connectivity index (χ3v) is 5.32. The number of hydrogen-bond donors (Lipinski definition) is 3. The molecule has 3 aromatic heterocycles. The molecule has 4 rings (SSSR count). The summed E-state index contributed by atoms with van der Waals surface area (Å²) in [4.78, 5) is 32.7. The quantitative estimate of drug-likeness (QED) is 0.635. The smallest absolute Gasteiger partial charge is 0.249 e. The molecule has 0 aliphatic heterocycles. The van der Waals surface area contributed by atoms with Crippen LogP contribution >= 0.6 is 11.3 Å². The van der Waals surface area contributed by atoms with Gasteiger partial charge in [-0.25, -0.2) is 4.98 Å². The van der Waals surface area contributed by atoms with Gasteiger partial charge in [-0.05, 0) is 31.0 Å². The number of nitrogens with one attached hydrogen (secondary N) is 2. The van der Waals surface area contributed by atoms with Gasteiger partial charge >= 0.3 is 0 Å². The van der Waals surface area contributed by atoms with Gasteiger partial charge in [-0.15, -0.1) is 11.3 Å². The number of fused-ring (bicyclic) bond motifs is 1. The fourth-order valence-electron chi connectivity index (χ4n) is 2.74. The summed E-state index contributed by atoms with van der Waals surface area (Å²) in [7, 11) is 0. The van der Waals surface area contributed by atoms with Crippen LogP contribution in [0, 0.1) is 6.42 Å². The molecule has 3 heterocycles. The van der Waals surface area contributed by atoms with Crippen molar-refractivity contribution in [3.63, 3.8) is 0 Å². The number of pyridine rings is 1. The van der Waals surface area contributed by atoms with Gasteiger partial charge < -0.3 is 16.0 Å². The van der Waals surface area contributed by atoms with E-state index in [0.29, 0.717) is 11.6 Å². The highest BCUT2D eigenvalue weighted by Crippen LogP contribution is 2.36. The van der Waals surface area contributed by atoms with Crippen molar-refractivity contribution >= 4 is 34.2 Å². The van der Waals surface area contributed by atoms with Gasteiger partial charge in [0, 0.05) is 52.0 Å². The van der Waals surface area contributed by atoms with Crippen LogP contribution in [-0.2, 0) is 4.79 Å². The predicted octanol–water partition coefficient (Wildman–Crippen LogP) is 2.61. The first-order chi connectivity index (χ1) is 12.1. The highest BCUT2D eigenvalue weighted by molar-refractivity contribution is 7.16. The Balaban J connectivity index is 1.61. The van der Waals surface area contributed by atoms with Gasteiger partial charge in [-0.3, -0.25) is 9.59 Å². The van der Waals surface area contributed by atoms with Gasteiger partial charge in [-0.1, -0.05) is 0 Å². The van der Waals surface area contributed by atoms with Crippen LogP contribution in [0.1, 0.15) is 34.5 Å². The van der Waals surface area contributed by atoms with Gasteiger partial charge in [0.1, 0.15) is 5.65 Å². The number of primary amides is 1. The summed E-state index contributed by atoms with van der Waals surface area (Å²) in [5.41, 5.74) is 7.72. The lowest BCUT2D eigenvalue weighted by Gasteiger charge is -2.02. The minimum absolute atomic E-state index is 0.0239. The molecule has 3 aromatic rings. The monoisotopic (exact) mass is 353 g/mol. The van der Waals surface area contributed by atoms with Crippen LogP contribution in [0.25, 0.3) is 21.5 Å². The lowest BCUT2D eigenvalue weighted by molar-refractivity contribution is -0.120. The standard InChI is InChI=1S/C18H17N4O2S/c19-17(24)12-8-15(13-9-21-18-11(13)2-1-7-20-18)25-14(12)5-6-16(23)22-10-3-4-10/h1-2,5,7-10H,3-4,6H2,(H2,19,24)(H,20,21)(H,22,23). The number of carbonyl (C=O) groups is 2. The third-order valence-electron chi connectivity index (χ3n) is 4.16. The molecule has 0 bridgehead atoms. The highest BCUT2D eigenvalue weighted by atomic mass is 32.1. The largest absolute Gasteiger partial charge is 0.366 e. The molecule has 0 aromatic carbocycles. The van der Waals surface area contributed by atoms with Crippen molar-refractivity contribution in [3.05, 3.63) is 47.5 Å². The average molecular weight is 353 g/mol. The van der Waals surface area contributed by atoms with Gasteiger partial charge in [0.25, 0.3) is 0 Å². The Labute approximate surface area is 148 Å². The van der Waals surface area contributed by atoms with Gasteiger partial charge in [0.05, 0.1) is 5.56 Å². The van der Waals surface area contributed by atoms with E-state index in [1.165, 1.54) is 11.3 Å². The maximum Gasteiger partial charge on any atom is 0.249 e. The van der Waals surface area contributed by atoms with Gasteiger partial charge in [-0.2, -0.15) is 0 Å². The number of nitrogens with zero attached hydrogens (tertiary/aromatic N) is 1. The molecular weight excluding hydrogens is 336 g/mol. The zero-order valence-electron chi connectivity index (χ0n) is 13.4. The molecule has 127 valence electrons. The van der Waals surface area contributed by atoms with E-state index in [4.69, 9.17) is 5.73 Å². The third kappa shape index (κ3) is 3.28. The van der Waals surface area contributed by atoms with E-state index in [0.717, 1.165) is 39.2 Å². The van der Waals surface area contributed by atoms with Crippen LogP contribution in [0.15, 0.2) is 30.6 Å². The topological polar surface area (TPSA) is 101 Å². The van der Waals surface area contributed by atoms with Crippen molar-refractivity contribution in [1.29, 1.82) is 0 Å². The molecule has 2 amide bonds. The molecule has 7 heteroatoms. The Bertz CT molecular complexity index is 955. The Kier molecular flexibility index (Phi) is 4.01. The minimum atomic E-state index is -0.491. The first-order valence-electron chi connectivity index (χ1n) is 8.10. The number of amides is 2. The minimum Gasteiger partial charge on any atom is -0.366 e. The molecule has 0 unspecified atom stereocenters. The SMILES string of the molecule is NC(=O)c1cc(-c2c[nH]c3ncccc23)sc1[CH]CC(=O)NC1CC1. The summed E-state index contributed by atoms with van der Waals surface area (Å²) in [5.74, 6) is -0.515. The van der Waals surface area contributed by atoms with E-state index in [-0.39, 0.29) is 12.3 Å². The molecule has 0 atom stereocenters. The van der Waals surface area contributed by atoms with E-state index < -0.39 is 5.91 Å². The summed E-state index contributed by atoms with van der Waals surface area (Å²) in [6.07, 6.45) is 7.72. The van der Waals surface area contributed by atoms with Crippen LogP contribution in [0.5, 0.6) is 0 Å². The molecule has 0 spiro atoms. The van der Waals surface area contributed by atoms with Gasteiger partial charge in [0.2, 0.25) is 11.8 Å². The van der Waals surface area contributed by atoms with Crippen LogP contribution in [0.2, 0.25) is 0 Å². The van der Waals surface area contributed by atoms with Gasteiger partial charge in [0.15, 0.2) is 0 Å². The zero-order valence-corrected chi connectivity index (χ0v) is 14.2. The predicted molar refractivity (Wildman–Crippen MR) is 97.1 cm³/mol. The molecule has 25 heavy (non-hydrogen) atoms. The van der Waals surface area contributed by atoms with Crippen molar-refractivity contribution in [2.75, 3.05) is 0 Å². The van der Waals surface area contributed by atoms with Crippen LogP contribution in [-0.4, -0.2) is 27.8 Å². The van der Waals surface area contributed by atoms with E-state index in [1.807, 2.05) is 18.3 Å². The zero-order chi connectivity index (χ0) is 17.4. The fourth-order valence-corrected chi connectivity index (χ4v) is 3.87. The maximum absolute atomic E-state index is 11.9. The Morgan fingerprint density at radius 2 is 2.28 bits per heavy atom. The second-order valence-electron chi connectivity index (χ2n) is 6.10. The molecule has 1 radical (unpaired) electrons. The average Bonchev–Trinajstić information content (AvgIpc) is 3.14. The fraction of sp³-hybridized carbons (Fsp3) is 0.222. The molecule has 1 aliphatic rings. The number of nitrogens with two attached hydrogens (primary N) is 1. The van der Waals surface area contributed by atoms with Crippen molar-refractivity contribution in [2.24, 2.45) is 5.73 Å². The van der Waals surface area contributed by atoms with E-state index in [1.54, 1.807) is 18.7 Å². The number of carbonyl (C=O) groups excluding carboxylic acids is 2. The molecule has 6 nitrogen and oxygen atoms in total. The van der Waals surface area contributed by atoms with Crippen molar-refractivity contribution < 1.29 is 9.59 Å². The number of rotatable bonds is 6. The summed E-state index contributed by atoms with van der Waals surface area (Å²) in [5, 5.41) is 3.92. The number of aromatic amines is 1. The number of thiophene rings is 1. The molecule has 4 N–H and O–H groups in total. The molecular formula is C18H17N4O2S. The van der Waals surface area contributed by atoms with E-state index in [9.17, 15) is 9.59 Å². The lowest BCUT2D eigenvalue weighted by Crippen LogP contribution is -2.25. The molecule has 1 saturated carbocycles. The maximum atomic E-state index is 11.9. The van der Waals surface area contributed by atoms with Crippen LogP contribution in [0.3, 0.4) is 0 Å². The number of aromatic nitrogens is 2.